The Morgan fingerprint density at radius 1 is 0.688 bits per heavy atom. The lowest BCUT2D eigenvalue weighted by molar-refractivity contribution is -0.692. The van der Waals surface area contributed by atoms with Crippen LogP contribution in [-0.2, 0) is 19.9 Å². The maximum atomic E-state index is 5.29. The molecule has 0 bridgehead atoms. The van der Waals surface area contributed by atoms with Crippen LogP contribution in [-0.4, -0.2) is 12.2 Å². The van der Waals surface area contributed by atoms with Gasteiger partial charge in [-0.25, -0.2) is 4.89 Å². The average molecular weight is 228 g/mol. The molecule has 1 heterocycles. The van der Waals surface area contributed by atoms with Gasteiger partial charge in [0, 0.05) is 0 Å². The first-order chi connectivity index (χ1) is 7.83. The van der Waals surface area contributed by atoms with Gasteiger partial charge < -0.3 is 0 Å². The standard InChI is InChI=1S/C12H20O4/c1-2-4-11(5-3-1)6-8-12(9-7-11)10-13-15-16-14-12/h1-10H2. The lowest BCUT2D eigenvalue weighted by Gasteiger charge is -2.47. The van der Waals surface area contributed by atoms with Crippen molar-refractivity contribution in [1.29, 1.82) is 0 Å². The minimum atomic E-state index is -0.235. The Morgan fingerprint density at radius 3 is 2.06 bits per heavy atom. The number of hydrogen-bond acceptors (Lipinski definition) is 4. The quantitative estimate of drug-likeness (QED) is 0.597. The Morgan fingerprint density at radius 2 is 1.44 bits per heavy atom. The van der Waals surface area contributed by atoms with E-state index in [-0.39, 0.29) is 5.60 Å². The first-order valence-corrected chi connectivity index (χ1v) is 6.47. The Hall–Kier alpha value is -0.160. The third-order valence-corrected chi connectivity index (χ3v) is 4.74. The highest BCUT2D eigenvalue weighted by molar-refractivity contribution is 4.94. The molecule has 4 heteroatoms. The molecule has 3 fully saturated rings. The highest BCUT2D eigenvalue weighted by Crippen LogP contribution is 2.51. The van der Waals surface area contributed by atoms with Crippen LogP contribution in [0.25, 0.3) is 0 Å². The summed E-state index contributed by atoms with van der Waals surface area (Å²) in [6.45, 7) is 0.503. The minimum Gasteiger partial charge on any atom is -0.201 e. The van der Waals surface area contributed by atoms with Crippen LogP contribution in [0, 0.1) is 5.41 Å². The van der Waals surface area contributed by atoms with Gasteiger partial charge in [0.05, 0.1) is 0 Å². The second-order valence-corrected chi connectivity index (χ2v) is 5.73. The molecule has 2 spiro atoms. The van der Waals surface area contributed by atoms with E-state index >= 15 is 0 Å². The monoisotopic (exact) mass is 228 g/mol. The molecule has 2 saturated carbocycles. The van der Waals surface area contributed by atoms with E-state index < -0.39 is 0 Å². The van der Waals surface area contributed by atoms with Gasteiger partial charge in [-0.1, -0.05) is 19.3 Å². The van der Waals surface area contributed by atoms with Crippen LogP contribution in [0.15, 0.2) is 0 Å². The molecule has 1 aliphatic heterocycles. The Labute approximate surface area is 96.0 Å². The van der Waals surface area contributed by atoms with E-state index in [2.05, 4.69) is 10.1 Å². The van der Waals surface area contributed by atoms with Gasteiger partial charge in [0.15, 0.2) is 0 Å². The summed E-state index contributed by atoms with van der Waals surface area (Å²) in [5, 5.41) is 8.83. The molecule has 0 amide bonds. The van der Waals surface area contributed by atoms with E-state index in [1.54, 1.807) is 0 Å². The average Bonchev–Trinajstić information content (AvgIpc) is 2.36. The molecule has 0 unspecified atom stereocenters. The van der Waals surface area contributed by atoms with Crippen molar-refractivity contribution in [1.82, 2.24) is 0 Å². The molecule has 0 aromatic carbocycles. The number of hydrogen-bond donors (Lipinski definition) is 0. The third kappa shape index (κ3) is 1.99. The van der Waals surface area contributed by atoms with Gasteiger partial charge >= 0.3 is 0 Å². The molecule has 92 valence electrons. The van der Waals surface area contributed by atoms with E-state index in [1.165, 1.54) is 44.9 Å². The molecule has 3 aliphatic rings. The van der Waals surface area contributed by atoms with Crippen molar-refractivity contribution >= 4 is 0 Å². The summed E-state index contributed by atoms with van der Waals surface area (Å²) in [6.07, 6.45) is 11.6. The van der Waals surface area contributed by atoms with Crippen LogP contribution in [0.1, 0.15) is 57.8 Å². The van der Waals surface area contributed by atoms with Crippen molar-refractivity contribution in [2.45, 2.75) is 63.4 Å². The number of rotatable bonds is 0. The van der Waals surface area contributed by atoms with Crippen LogP contribution in [0.2, 0.25) is 0 Å². The lowest BCUT2D eigenvalue weighted by atomic mass is 9.62. The van der Waals surface area contributed by atoms with Crippen molar-refractivity contribution in [2.75, 3.05) is 6.61 Å². The van der Waals surface area contributed by atoms with Gasteiger partial charge in [0.2, 0.25) is 0 Å². The Bertz CT molecular complexity index is 203. The SMILES string of the molecule is C1CCC2(CC1)CCC1(CC2)COOOO1. The summed E-state index contributed by atoms with van der Waals surface area (Å²) in [6, 6.07) is 0. The van der Waals surface area contributed by atoms with Crippen molar-refractivity contribution in [3.63, 3.8) is 0 Å². The van der Waals surface area contributed by atoms with E-state index in [0.29, 0.717) is 12.0 Å². The van der Waals surface area contributed by atoms with Gasteiger partial charge in [0.25, 0.3) is 0 Å². The molecule has 16 heavy (non-hydrogen) atoms. The summed E-state index contributed by atoms with van der Waals surface area (Å²) in [4.78, 5) is 10.2. The van der Waals surface area contributed by atoms with Gasteiger partial charge in [-0.15, -0.1) is 0 Å². The zero-order valence-corrected chi connectivity index (χ0v) is 9.70. The molecule has 3 rings (SSSR count). The maximum Gasteiger partial charge on any atom is 0.133 e. The summed E-state index contributed by atoms with van der Waals surface area (Å²) in [7, 11) is 0. The zero-order chi connectivity index (χ0) is 10.9. The van der Waals surface area contributed by atoms with Crippen molar-refractivity contribution < 1.29 is 19.9 Å². The minimum absolute atomic E-state index is 0.235. The van der Waals surface area contributed by atoms with Gasteiger partial charge in [-0.05, 0) is 54.0 Å². The zero-order valence-electron chi connectivity index (χ0n) is 9.70. The topological polar surface area (TPSA) is 36.9 Å². The smallest absolute Gasteiger partial charge is 0.133 e. The molecule has 0 aromatic rings. The Balaban J connectivity index is 1.61. The van der Waals surface area contributed by atoms with Crippen molar-refractivity contribution in [3.05, 3.63) is 0 Å². The van der Waals surface area contributed by atoms with Gasteiger partial charge in [-0.3, -0.25) is 0 Å². The highest BCUT2D eigenvalue weighted by atomic mass is 17.7. The second kappa shape index (κ2) is 4.26. The van der Waals surface area contributed by atoms with E-state index in [9.17, 15) is 0 Å². The molecule has 0 radical (unpaired) electrons. The van der Waals surface area contributed by atoms with Crippen LogP contribution >= 0.6 is 0 Å². The molecular weight excluding hydrogens is 208 g/mol. The molecule has 0 atom stereocenters. The maximum absolute atomic E-state index is 5.29. The molecule has 0 aromatic heterocycles. The first-order valence-electron chi connectivity index (χ1n) is 6.47. The fourth-order valence-electron chi connectivity index (χ4n) is 3.53. The van der Waals surface area contributed by atoms with Crippen LogP contribution in [0.4, 0.5) is 0 Å². The summed E-state index contributed by atoms with van der Waals surface area (Å²) < 4.78 is 0. The molecular formula is C12H20O4. The largest absolute Gasteiger partial charge is 0.201 e. The van der Waals surface area contributed by atoms with Gasteiger partial charge in [0.1, 0.15) is 12.2 Å². The van der Waals surface area contributed by atoms with Crippen LogP contribution in [0.5, 0.6) is 0 Å². The van der Waals surface area contributed by atoms with E-state index in [1.807, 2.05) is 0 Å². The fourth-order valence-corrected chi connectivity index (χ4v) is 3.53. The summed E-state index contributed by atoms with van der Waals surface area (Å²) in [5.41, 5.74) is 0.367. The normalized spacial score (nSPS) is 33.0. The van der Waals surface area contributed by atoms with E-state index in [0.717, 1.165) is 12.8 Å². The predicted molar refractivity (Wildman–Crippen MR) is 55.9 cm³/mol. The molecule has 1 saturated heterocycles. The van der Waals surface area contributed by atoms with Crippen molar-refractivity contribution in [2.24, 2.45) is 5.41 Å². The Kier molecular flexibility index (Phi) is 2.92. The third-order valence-electron chi connectivity index (χ3n) is 4.74. The lowest BCUT2D eigenvalue weighted by Crippen LogP contribution is -2.47. The highest BCUT2D eigenvalue weighted by Gasteiger charge is 2.46. The first kappa shape index (κ1) is 11.0. The van der Waals surface area contributed by atoms with Crippen molar-refractivity contribution in [3.8, 4) is 0 Å². The molecule has 4 nitrogen and oxygen atoms in total. The van der Waals surface area contributed by atoms with Crippen LogP contribution < -0.4 is 0 Å². The van der Waals surface area contributed by atoms with E-state index in [4.69, 9.17) is 9.78 Å². The van der Waals surface area contributed by atoms with Gasteiger partial charge in [-0.2, -0.15) is 4.89 Å². The summed E-state index contributed by atoms with van der Waals surface area (Å²) in [5.74, 6) is 0. The fraction of sp³-hybridized carbons (Fsp3) is 1.00. The second-order valence-electron chi connectivity index (χ2n) is 5.73. The molecule has 0 N–H and O–H groups in total. The summed E-state index contributed by atoms with van der Waals surface area (Å²) >= 11 is 0. The molecule has 2 aliphatic carbocycles. The van der Waals surface area contributed by atoms with Crippen LogP contribution in [0.3, 0.4) is 0 Å². The predicted octanol–water partition coefficient (Wildman–Crippen LogP) is 3.07.